The van der Waals surface area contributed by atoms with Crippen molar-refractivity contribution in [2.45, 2.75) is 20.8 Å². The number of fused-ring (bicyclic) bond motifs is 6. The monoisotopic (exact) mass is 576 g/mol. The van der Waals surface area contributed by atoms with Crippen LogP contribution in [-0.2, 0) is 0 Å². The summed E-state index contributed by atoms with van der Waals surface area (Å²) >= 11 is 0. The molecule has 0 unspecified atom stereocenters. The predicted octanol–water partition coefficient (Wildman–Crippen LogP) is 12.8. The first-order valence-corrected chi connectivity index (χ1v) is 15.7. The average molecular weight is 577 g/mol. The normalized spacial score (nSPS) is 12.7. The van der Waals surface area contributed by atoms with Crippen LogP contribution in [0.15, 0.2) is 146 Å². The molecular weight excluding hydrogens is 540 g/mol. The van der Waals surface area contributed by atoms with E-state index < -0.39 is 0 Å². The van der Waals surface area contributed by atoms with Crippen molar-refractivity contribution >= 4 is 67.3 Å². The highest BCUT2D eigenvalue weighted by Gasteiger charge is 2.21. The molecule has 0 aliphatic rings. The van der Waals surface area contributed by atoms with Crippen LogP contribution < -0.4 is 0 Å². The number of allylic oxidation sites excluding steroid dienone is 3. The predicted molar refractivity (Wildman–Crippen MR) is 199 cm³/mol. The second-order valence-electron chi connectivity index (χ2n) is 11.9. The lowest BCUT2D eigenvalue weighted by molar-refractivity contribution is 1.49. The minimum absolute atomic E-state index is 1.20. The molecule has 45 heavy (non-hydrogen) atoms. The van der Waals surface area contributed by atoms with E-state index in [-0.39, 0.29) is 0 Å². The van der Waals surface area contributed by atoms with Crippen molar-refractivity contribution < 1.29 is 0 Å². The van der Waals surface area contributed by atoms with Gasteiger partial charge in [-0.25, -0.2) is 0 Å². The molecule has 7 rings (SSSR count). The Hall–Kier alpha value is -5.46. The fourth-order valence-electron chi connectivity index (χ4n) is 6.80. The topological polar surface area (TPSA) is 0 Å². The zero-order valence-corrected chi connectivity index (χ0v) is 26.1. The van der Waals surface area contributed by atoms with E-state index in [4.69, 9.17) is 0 Å². The van der Waals surface area contributed by atoms with Gasteiger partial charge >= 0.3 is 0 Å². The van der Waals surface area contributed by atoms with Crippen molar-refractivity contribution in [1.82, 2.24) is 0 Å². The van der Waals surface area contributed by atoms with Crippen LogP contribution in [0.1, 0.15) is 54.2 Å². The molecule has 0 saturated carbocycles. The van der Waals surface area contributed by atoms with Crippen LogP contribution in [0.2, 0.25) is 0 Å². The molecular formula is C45H36. The molecule has 0 amide bonds. The van der Waals surface area contributed by atoms with Crippen LogP contribution in [0.25, 0.3) is 67.3 Å². The largest absolute Gasteiger partial charge is 0.0622 e. The minimum Gasteiger partial charge on any atom is -0.0622 e. The Balaban J connectivity index is 1.69. The van der Waals surface area contributed by atoms with Gasteiger partial charge in [-0.3, -0.25) is 0 Å². The molecule has 7 aromatic rings. The first-order chi connectivity index (χ1) is 22.1. The van der Waals surface area contributed by atoms with Crippen molar-refractivity contribution in [3.63, 3.8) is 0 Å². The van der Waals surface area contributed by atoms with Crippen LogP contribution in [-0.4, -0.2) is 0 Å². The lowest BCUT2D eigenvalue weighted by atomic mass is 9.80. The highest BCUT2D eigenvalue weighted by atomic mass is 14.2. The van der Waals surface area contributed by atoms with E-state index >= 15 is 0 Å². The number of hydrogen-bond acceptors (Lipinski definition) is 0. The van der Waals surface area contributed by atoms with Gasteiger partial charge in [0, 0.05) is 0 Å². The third-order valence-corrected chi connectivity index (χ3v) is 8.79. The lowest BCUT2D eigenvalue weighted by Crippen LogP contribution is -2.00. The molecule has 0 aliphatic carbocycles. The lowest BCUT2D eigenvalue weighted by Gasteiger charge is -2.23. The SMILES string of the molecule is CC(=Cc1ccccc1)c1cc2c3ccccc3c3ccccc3c2c(C(C)=Cc2ccccc2)c1C(C)=Cc1ccccc1. The molecule has 0 nitrogen and oxygen atoms in total. The summed E-state index contributed by atoms with van der Waals surface area (Å²) in [5.74, 6) is 0. The van der Waals surface area contributed by atoms with Crippen LogP contribution in [0, 0.1) is 0 Å². The summed E-state index contributed by atoms with van der Waals surface area (Å²) in [6.07, 6.45) is 7.00. The van der Waals surface area contributed by atoms with Crippen molar-refractivity contribution in [1.29, 1.82) is 0 Å². The number of rotatable bonds is 6. The van der Waals surface area contributed by atoms with Gasteiger partial charge in [0.15, 0.2) is 0 Å². The van der Waals surface area contributed by atoms with Gasteiger partial charge in [0.05, 0.1) is 0 Å². The quantitative estimate of drug-likeness (QED) is 0.136. The summed E-state index contributed by atoms with van der Waals surface area (Å²) in [4.78, 5) is 0. The highest BCUT2D eigenvalue weighted by Crippen LogP contribution is 2.45. The Morgan fingerprint density at radius 1 is 0.356 bits per heavy atom. The van der Waals surface area contributed by atoms with Gasteiger partial charge < -0.3 is 0 Å². The zero-order chi connectivity index (χ0) is 30.8. The van der Waals surface area contributed by atoms with E-state index in [1.165, 1.54) is 82.4 Å². The molecule has 0 aromatic heterocycles. The smallest absolute Gasteiger partial charge is 0.00171 e. The van der Waals surface area contributed by atoms with Crippen molar-refractivity contribution in [2.75, 3.05) is 0 Å². The van der Waals surface area contributed by atoms with Crippen LogP contribution >= 0.6 is 0 Å². The van der Waals surface area contributed by atoms with Gasteiger partial charge in [-0.1, -0.05) is 158 Å². The van der Waals surface area contributed by atoms with Gasteiger partial charge in [0.1, 0.15) is 0 Å². The van der Waals surface area contributed by atoms with Gasteiger partial charge in [-0.2, -0.15) is 0 Å². The standard InChI is InChI=1S/C45H36/c1-31(27-34-17-7-4-8-18-34)41-30-42-39-25-14-13-23-37(39)38-24-15-16-26-40(38)45(42)44(33(3)29-36-21-11-6-12-22-36)43(41)32(2)28-35-19-9-5-10-20-35/h4-30H,1-3H3. The number of hydrogen-bond donors (Lipinski definition) is 0. The summed E-state index contributed by atoms with van der Waals surface area (Å²) in [6, 6.07) is 52.3. The van der Waals surface area contributed by atoms with E-state index in [0.29, 0.717) is 0 Å². The molecule has 0 saturated heterocycles. The Labute approximate surface area is 266 Å². The molecule has 0 fully saturated rings. The van der Waals surface area contributed by atoms with Crippen molar-refractivity contribution in [3.05, 3.63) is 179 Å². The molecule has 0 bridgehead atoms. The highest BCUT2D eigenvalue weighted by molar-refractivity contribution is 6.29. The van der Waals surface area contributed by atoms with Gasteiger partial charge in [-0.15, -0.1) is 0 Å². The van der Waals surface area contributed by atoms with Gasteiger partial charge in [0.2, 0.25) is 0 Å². The van der Waals surface area contributed by atoms with Gasteiger partial charge in [0.25, 0.3) is 0 Å². The van der Waals surface area contributed by atoms with Crippen LogP contribution in [0.3, 0.4) is 0 Å². The molecule has 0 heterocycles. The third-order valence-electron chi connectivity index (χ3n) is 8.79. The van der Waals surface area contributed by atoms with Crippen molar-refractivity contribution in [3.8, 4) is 0 Å². The molecule has 0 radical (unpaired) electrons. The Kier molecular flexibility index (Phi) is 7.72. The Bertz CT molecular complexity index is 2250. The van der Waals surface area contributed by atoms with E-state index in [9.17, 15) is 0 Å². The maximum atomic E-state index is 2.45. The van der Waals surface area contributed by atoms with E-state index in [0.717, 1.165) is 0 Å². The zero-order valence-electron chi connectivity index (χ0n) is 26.1. The van der Waals surface area contributed by atoms with Crippen LogP contribution in [0.5, 0.6) is 0 Å². The fourth-order valence-corrected chi connectivity index (χ4v) is 6.80. The summed E-state index contributed by atoms with van der Waals surface area (Å²) < 4.78 is 0. The summed E-state index contributed by atoms with van der Waals surface area (Å²) in [6.45, 7) is 6.82. The molecule has 216 valence electrons. The fraction of sp³-hybridized carbons (Fsp3) is 0.0667. The first kappa shape index (κ1) is 28.3. The first-order valence-electron chi connectivity index (χ1n) is 15.7. The van der Waals surface area contributed by atoms with E-state index in [1.54, 1.807) is 0 Å². The van der Waals surface area contributed by atoms with Crippen molar-refractivity contribution in [2.24, 2.45) is 0 Å². The average Bonchev–Trinajstić information content (AvgIpc) is 3.08. The summed E-state index contributed by atoms with van der Waals surface area (Å²) in [5.41, 5.74) is 11.2. The molecule has 7 aromatic carbocycles. The maximum absolute atomic E-state index is 2.45. The second kappa shape index (κ2) is 12.3. The van der Waals surface area contributed by atoms with E-state index in [1.807, 2.05) is 0 Å². The summed E-state index contributed by atoms with van der Waals surface area (Å²) in [5, 5.41) is 7.73. The van der Waals surface area contributed by atoms with E-state index in [2.05, 4.69) is 185 Å². The molecule has 0 spiro atoms. The maximum Gasteiger partial charge on any atom is -0.00171 e. The summed E-state index contributed by atoms with van der Waals surface area (Å²) in [7, 11) is 0. The molecule has 0 aliphatic heterocycles. The third kappa shape index (κ3) is 5.52. The molecule has 0 heteroatoms. The Morgan fingerprint density at radius 3 is 1.20 bits per heavy atom. The van der Waals surface area contributed by atoms with Crippen LogP contribution in [0.4, 0.5) is 0 Å². The van der Waals surface area contributed by atoms with Gasteiger partial charge in [-0.05, 0) is 109 Å². The minimum atomic E-state index is 1.20. The molecule has 0 atom stereocenters. The second-order valence-corrected chi connectivity index (χ2v) is 11.9. The number of benzene rings is 7. The molecule has 0 N–H and O–H groups in total. The Morgan fingerprint density at radius 2 is 0.711 bits per heavy atom.